The van der Waals surface area contributed by atoms with Gasteiger partial charge in [-0.3, -0.25) is 9.59 Å². The molecule has 2 amide bonds. The van der Waals surface area contributed by atoms with Crippen molar-refractivity contribution in [3.63, 3.8) is 0 Å². The molecule has 0 atom stereocenters. The summed E-state index contributed by atoms with van der Waals surface area (Å²) in [5, 5.41) is 2.47. The first-order chi connectivity index (χ1) is 15.9. The highest BCUT2D eigenvalue weighted by molar-refractivity contribution is 5.97. The smallest absolute Gasteiger partial charge is 0.387 e. The van der Waals surface area contributed by atoms with Gasteiger partial charge in [0.05, 0.1) is 13.7 Å². The maximum Gasteiger partial charge on any atom is 0.387 e. The number of amides is 2. The summed E-state index contributed by atoms with van der Waals surface area (Å²) in [4.78, 5) is 28.9. The molecule has 0 saturated carbocycles. The molecule has 0 fully saturated rings. The van der Waals surface area contributed by atoms with Crippen LogP contribution in [0.15, 0.2) is 71.9 Å². The number of aromatic nitrogens is 1. The Labute approximate surface area is 189 Å². The van der Waals surface area contributed by atoms with Crippen LogP contribution in [0, 0.1) is 6.92 Å². The summed E-state index contributed by atoms with van der Waals surface area (Å²) in [6, 6.07) is 17.1. The van der Waals surface area contributed by atoms with Gasteiger partial charge in [0.15, 0.2) is 11.5 Å². The fourth-order valence-corrected chi connectivity index (χ4v) is 3.02. The number of carbonyl (C=O) groups is 2. The van der Waals surface area contributed by atoms with Crippen LogP contribution < -0.4 is 20.3 Å². The normalized spacial score (nSPS) is 11.4. The van der Waals surface area contributed by atoms with Crippen LogP contribution in [0.1, 0.15) is 21.5 Å². The number of hydrogen-bond acceptors (Lipinski definition) is 4. The minimum atomic E-state index is -3.02. The van der Waals surface area contributed by atoms with E-state index >= 15 is 0 Å². The fourth-order valence-electron chi connectivity index (χ4n) is 3.02. The number of pyridine rings is 1. The minimum absolute atomic E-state index is 0.0274. The Bertz CT molecular complexity index is 1190. The number of alkyl halides is 2. The van der Waals surface area contributed by atoms with Gasteiger partial charge in [0.2, 0.25) is 0 Å². The monoisotopic (exact) mass is 455 g/mol. The Balaban J connectivity index is 1.68. The van der Waals surface area contributed by atoms with Crippen molar-refractivity contribution in [1.82, 2.24) is 9.88 Å². The maximum absolute atomic E-state index is 12.4. The average Bonchev–Trinajstić information content (AvgIpc) is 2.80. The lowest BCUT2D eigenvalue weighted by Gasteiger charge is -2.11. The van der Waals surface area contributed by atoms with Gasteiger partial charge < -0.3 is 19.4 Å². The number of hydrogen-bond donors (Lipinski definition) is 1. The van der Waals surface area contributed by atoms with Gasteiger partial charge >= 0.3 is 6.61 Å². The third-order valence-electron chi connectivity index (χ3n) is 4.67. The van der Waals surface area contributed by atoms with E-state index in [0.717, 1.165) is 11.1 Å². The van der Waals surface area contributed by atoms with Gasteiger partial charge in [-0.15, -0.1) is 0 Å². The Hall–Kier alpha value is -4.01. The van der Waals surface area contributed by atoms with E-state index in [9.17, 15) is 18.4 Å². The number of nitrogens with one attached hydrogen (secondary N) is 1. The topological polar surface area (TPSA) is 81.9 Å². The van der Waals surface area contributed by atoms with Crippen LogP contribution in [0.2, 0.25) is 0 Å². The summed E-state index contributed by atoms with van der Waals surface area (Å²) in [6.07, 6.45) is 1.82. The molecule has 1 aromatic heterocycles. The maximum atomic E-state index is 12.4. The molecule has 1 heterocycles. The quantitative estimate of drug-likeness (QED) is 0.565. The van der Waals surface area contributed by atoms with Crippen LogP contribution in [0.4, 0.5) is 8.78 Å². The second-order valence-electron chi connectivity index (χ2n) is 7.10. The van der Waals surface area contributed by atoms with Crippen LogP contribution in [0.25, 0.3) is 0 Å². The van der Waals surface area contributed by atoms with E-state index in [2.05, 4.69) is 15.0 Å². The minimum Gasteiger partial charge on any atom is -0.493 e. The van der Waals surface area contributed by atoms with Crippen LogP contribution in [-0.2, 0) is 11.3 Å². The number of methoxy groups -OCH3 is 1. The molecule has 2 aromatic carbocycles. The van der Waals surface area contributed by atoms with E-state index in [4.69, 9.17) is 4.74 Å². The van der Waals surface area contributed by atoms with Crippen molar-refractivity contribution >= 4 is 11.8 Å². The molecule has 0 aliphatic carbocycles. The van der Waals surface area contributed by atoms with Crippen LogP contribution in [0.5, 0.6) is 11.5 Å². The lowest BCUT2D eigenvalue weighted by molar-refractivity contribution is -0.117. The SMILES string of the molecule is COc1cc(C(=O)NCC(=O)N=c2ccccn2Cc2ccc(C)cc2)ccc1OC(F)F. The second-order valence-corrected chi connectivity index (χ2v) is 7.10. The van der Waals surface area contributed by atoms with Gasteiger partial charge in [0, 0.05) is 18.3 Å². The van der Waals surface area contributed by atoms with Gasteiger partial charge in [-0.05, 0) is 42.8 Å². The van der Waals surface area contributed by atoms with E-state index < -0.39 is 18.4 Å². The van der Waals surface area contributed by atoms with Gasteiger partial charge in [-0.25, -0.2) is 0 Å². The fraction of sp³-hybridized carbons (Fsp3) is 0.208. The molecule has 0 aliphatic heterocycles. The first-order valence-electron chi connectivity index (χ1n) is 10.1. The third kappa shape index (κ3) is 6.73. The molecule has 172 valence electrons. The summed E-state index contributed by atoms with van der Waals surface area (Å²) in [5.74, 6) is -1.35. The van der Waals surface area contributed by atoms with E-state index in [0.29, 0.717) is 12.0 Å². The number of rotatable bonds is 8. The molecule has 0 spiro atoms. The Morgan fingerprint density at radius 1 is 1.06 bits per heavy atom. The molecule has 3 rings (SSSR count). The average molecular weight is 455 g/mol. The Morgan fingerprint density at radius 3 is 2.52 bits per heavy atom. The van der Waals surface area contributed by atoms with Gasteiger partial charge in [0.1, 0.15) is 5.49 Å². The molecule has 33 heavy (non-hydrogen) atoms. The van der Waals surface area contributed by atoms with Gasteiger partial charge in [-0.2, -0.15) is 13.8 Å². The van der Waals surface area contributed by atoms with E-state index in [1.807, 2.05) is 48.0 Å². The highest BCUT2D eigenvalue weighted by atomic mass is 19.3. The van der Waals surface area contributed by atoms with Gasteiger partial charge in [0.25, 0.3) is 11.8 Å². The summed E-state index contributed by atoms with van der Waals surface area (Å²) in [7, 11) is 1.27. The zero-order valence-electron chi connectivity index (χ0n) is 18.1. The molecule has 7 nitrogen and oxygen atoms in total. The zero-order chi connectivity index (χ0) is 23.8. The summed E-state index contributed by atoms with van der Waals surface area (Å²) < 4.78 is 36.0. The van der Waals surface area contributed by atoms with Crippen molar-refractivity contribution in [2.24, 2.45) is 4.99 Å². The van der Waals surface area contributed by atoms with Crippen LogP contribution in [0.3, 0.4) is 0 Å². The number of aryl methyl sites for hydroxylation is 1. The highest BCUT2D eigenvalue weighted by Crippen LogP contribution is 2.29. The second kappa shape index (κ2) is 11.0. The number of nitrogens with zero attached hydrogens (tertiary/aromatic N) is 2. The Kier molecular flexibility index (Phi) is 7.91. The Morgan fingerprint density at radius 2 is 1.82 bits per heavy atom. The number of halogens is 2. The number of carbonyl (C=O) groups excluding carboxylic acids is 2. The van der Waals surface area contributed by atoms with Crippen molar-refractivity contribution in [2.45, 2.75) is 20.1 Å². The van der Waals surface area contributed by atoms with Crippen molar-refractivity contribution in [1.29, 1.82) is 0 Å². The zero-order valence-corrected chi connectivity index (χ0v) is 18.1. The van der Waals surface area contributed by atoms with Crippen molar-refractivity contribution < 1.29 is 27.8 Å². The predicted molar refractivity (Wildman–Crippen MR) is 117 cm³/mol. The molecule has 9 heteroatoms. The van der Waals surface area contributed by atoms with E-state index in [-0.39, 0.29) is 23.6 Å². The predicted octanol–water partition coefficient (Wildman–Crippen LogP) is 3.31. The third-order valence-corrected chi connectivity index (χ3v) is 4.67. The van der Waals surface area contributed by atoms with Crippen LogP contribution >= 0.6 is 0 Å². The first-order valence-corrected chi connectivity index (χ1v) is 10.1. The van der Waals surface area contributed by atoms with Crippen molar-refractivity contribution in [3.05, 3.63) is 89.0 Å². The summed E-state index contributed by atoms with van der Waals surface area (Å²) >= 11 is 0. The number of benzene rings is 2. The van der Waals surface area contributed by atoms with Crippen LogP contribution in [-0.4, -0.2) is 36.6 Å². The molecule has 0 unspecified atom stereocenters. The molecule has 0 radical (unpaired) electrons. The molecule has 1 N–H and O–H groups in total. The lowest BCUT2D eigenvalue weighted by atomic mass is 10.1. The van der Waals surface area contributed by atoms with E-state index in [1.54, 1.807) is 12.1 Å². The molecular weight excluding hydrogens is 432 g/mol. The van der Waals surface area contributed by atoms with Crippen molar-refractivity contribution in [2.75, 3.05) is 13.7 Å². The molecule has 0 aliphatic rings. The highest BCUT2D eigenvalue weighted by Gasteiger charge is 2.14. The lowest BCUT2D eigenvalue weighted by Crippen LogP contribution is -2.31. The standard InChI is InChI=1S/C24H23F2N3O4/c1-16-6-8-17(9-7-16)15-29-12-4-3-5-21(29)28-22(30)14-27-23(31)18-10-11-19(33-24(25)26)20(13-18)32-2/h3-13,24H,14-15H2,1-2H3,(H,27,31). The summed E-state index contributed by atoms with van der Waals surface area (Å²) in [6.45, 7) is -0.818. The molecule has 3 aromatic rings. The largest absolute Gasteiger partial charge is 0.493 e. The summed E-state index contributed by atoms with van der Waals surface area (Å²) in [5.41, 5.74) is 2.78. The molecular formula is C24H23F2N3O4. The molecule has 0 bridgehead atoms. The van der Waals surface area contributed by atoms with E-state index in [1.165, 1.54) is 25.3 Å². The van der Waals surface area contributed by atoms with Crippen molar-refractivity contribution in [3.8, 4) is 11.5 Å². The number of ether oxygens (including phenoxy) is 2. The van der Waals surface area contributed by atoms with Gasteiger partial charge in [-0.1, -0.05) is 35.9 Å². The first kappa shape index (κ1) is 23.6. The molecule has 0 saturated heterocycles.